The van der Waals surface area contributed by atoms with E-state index >= 15 is 0 Å². The molecule has 2 rings (SSSR count). The van der Waals surface area contributed by atoms with Crippen LogP contribution >= 0.6 is 23.6 Å². The maximum atomic E-state index is 12.4. The molecule has 7 nitrogen and oxygen atoms in total. The molecule has 24 heavy (non-hydrogen) atoms. The van der Waals surface area contributed by atoms with Gasteiger partial charge in [0.05, 0.1) is 22.8 Å². The Kier molecular flexibility index (Phi) is 6.27. The fourth-order valence-corrected chi connectivity index (χ4v) is 3.75. The molecule has 1 aromatic heterocycles. The quantitative estimate of drug-likeness (QED) is 0.418. The lowest BCUT2D eigenvalue weighted by atomic mass is 9.94. The van der Waals surface area contributed by atoms with Crippen molar-refractivity contribution >= 4 is 51.3 Å². The topological polar surface area (TPSA) is 106 Å². The lowest BCUT2D eigenvalue weighted by Gasteiger charge is -2.15. The molecule has 9 heteroatoms. The zero-order chi connectivity index (χ0) is 17.7. The number of nitrogens with one attached hydrogen (secondary N) is 2. The fourth-order valence-electron chi connectivity index (χ4n) is 2.43. The summed E-state index contributed by atoms with van der Waals surface area (Å²) in [6.45, 7) is 3.78. The summed E-state index contributed by atoms with van der Waals surface area (Å²) in [5.41, 5.74) is 10.1. The number of rotatable bonds is 5. The minimum Gasteiger partial charge on any atom is -0.462 e. The summed E-state index contributed by atoms with van der Waals surface area (Å²) >= 11 is 6.11. The van der Waals surface area contributed by atoms with Gasteiger partial charge < -0.3 is 15.8 Å². The Hall–Kier alpha value is -2.00. The van der Waals surface area contributed by atoms with E-state index in [2.05, 4.69) is 15.8 Å². The second kappa shape index (κ2) is 8.20. The minimum atomic E-state index is -0.426. The number of carbonyl (C=O) groups is 2. The van der Waals surface area contributed by atoms with Gasteiger partial charge in [-0.2, -0.15) is 5.10 Å². The van der Waals surface area contributed by atoms with E-state index in [-0.39, 0.29) is 17.6 Å². The second-order valence-corrected chi connectivity index (χ2v) is 6.58. The first-order valence-corrected chi connectivity index (χ1v) is 8.95. The summed E-state index contributed by atoms with van der Waals surface area (Å²) in [7, 11) is 0. The molecule has 1 aromatic rings. The number of nitrogens with zero attached hydrogens (tertiary/aromatic N) is 1. The van der Waals surface area contributed by atoms with Crippen LogP contribution in [0, 0.1) is 0 Å². The van der Waals surface area contributed by atoms with E-state index in [9.17, 15) is 9.59 Å². The van der Waals surface area contributed by atoms with Gasteiger partial charge in [0.25, 0.3) is 0 Å². The first-order valence-electron chi connectivity index (χ1n) is 7.72. The molecule has 1 amide bonds. The number of fused-ring (bicyclic) bond motifs is 1. The highest BCUT2D eigenvalue weighted by Gasteiger charge is 2.30. The number of ether oxygens (including phenoxy) is 1. The molecule has 0 saturated heterocycles. The van der Waals surface area contributed by atoms with Crippen LogP contribution in [0.3, 0.4) is 0 Å². The van der Waals surface area contributed by atoms with Gasteiger partial charge in [0.2, 0.25) is 5.91 Å². The number of esters is 1. The van der Waals surface area contributed by atoms with Crippen LogP contribution in [-0.4, -0.2) is 29.3 Å². The van der Waals surface area contributed by atoms with Crippen molar-refractivity contribution in [3.05, 3.63) is 16.0 Å². The molecule has 130 valence electrons. The second-order valence-electron chi connectivity index (χ2n) is 5.12. The molecule has 0 unspecified atom stereocenters. The summed E-state index contributed by atoms with van der Waals surface area (Å²) in [5, 5.41) is 7.61. The van der Waals surface area contributed by atoms with Crippen LogP contribution in [0.1, 0.15) is 53.9 Å². The molecule has 0 bridgehead atoms. The summed E-state index contributed by atoms with van der Waals surface area (Å²) in [5.74, 6) is -0.580. The number of nitrogens with two attached hydrogens (primary N) is 1. The highest BCUT2D eigenvalue weighted by atomic mass is 32.1. The average molecular weight is 368 g/mol. The lowest BCUT2D eigenvalue weighted by Crippen LogP contribution is -2.26. The number of hydrogen-bond acceptors (Lipinski definition) is 6. The number of amides is 1. The standard InChI is InChI=1S/C15H20N4O3S2/c1-3-10(20)17-13-11(14(21)22-4-2)8-6-5-7-9(12(8)24-13)18-19-15(16)23/h3-7H2,1-2H3,(H,17,20)(H3,16,19,23)/b18-9-. The van der Waals surface area contributed by atoms with Gasteiger partial charge in [-0.1, -0.05) is 6.92 Å². The zero-order valence-electron chi connectivity index (χ0n) is 13.6. The van der Waals surface area contributed by atoms with Crippen molar-refractivity contribution in [3.8, 4) is 0 Å². The number of hydrazone groups is 1. The molecule has 0 atom stereocenters. The van der Waals surface area contributed by atoms with E-state index in [1.807, 2.05) is 0 Å². The third kappa shape index (κ3) is 4.09. The van der Waals surface area contributed by atoms with Crippen molar-refractivity contribution in [2.75, 3.05) is 11.9 Å². The van der Waals surface area contributed by atoms with E-state index < -0.39 is 5.97 Å². The van der Waals surface area contributed by atoms with E-state index in [1.54, 1.807) is 13.8 Å². The number of thiocarbonyl (C=S) groups is 1. The van der Waals surface area contributed by atoms with E-state index in [0.717, 1.165) is 35.4 Å². The molecule has 1 aliphatic rings. The van der Waals surface area contributed by atoms with Gasteiger partial charge in [0.1, 0.15) is 5.00 Å². The first kappa shape index (κ1) is 18.3. The highest BCUT2D eigenvalue weighted by Crippen LogP contribution is 2.39. The van der Waals surface area contributed by atoms with Gasteiger partial charge in [-0.3, -0.25) is 10.2 Å². The van der Waals surface area contributed by atoms with Crippen molar-refractivity contribution in [2.24, 2.45) is 10.8 Å². The Balaban J connectivity index is 2.48. The number of thiophene rings is 1. The van der Waals surface area contributed by atoms with Gasteiger partial charge in [0, 0.05) is 6.42 Å². The summed E-state index contributed by atoms with van der Waals surface area (Å²) in [6, 6.07) is 0. The van der Waals surface area contributed by atoms with Crippen LogP contribution in [-0.2, 0) is 16.0 Å². The molecule has 1 heterocycles. The summed E-state index contributed by atoms with van der Waals surface area (Å²) < 4.78 is 5.16. The zero-order valence-corrected chi connectivity index (χ0v) is 15.2. The number of anilines is 1. The average Bonchev–Trinajstić information content (AvgIpc) is 2.91. The van der Waals surface area contributed by atoms with Crippen LogP contribution in [0.5, 0.6) is 0 Å². The molecule has 4 N–H and O–H groups in total. The molecular weight excluding hydrogens is 348 g/mol. The van der Waals surface area contributed by atoms with Crippen molar-refractivity contribution in [3.63, 3.8) is 0 Å². The molecule has 0 saturated carbocycles. The maximum absolute atomic E-state index is 12.4. The SMILES string of the molecule is CCOC(=O)c1c(NC(=O)CC)sc2c1CCC/C2=N/NC(N)=S. The molecule has 0 radical (unpaired) electrons. The maximum Gasteiger partial charge on any atom is 0.341 e. The van der Waals surface area contributed by atoms with Gasteiger partial charge in [-0.15, -0.1) is 11.3 Å². The monoisotopic (exact) mass is 368 g/mol. The lowest BCUT2D eigenvalue weighted by molar-refractivity contribution is -0.115. The van der Waals surface area contributed by atoms with Crippen molar-refractivity contribution < 1.29 is 14.3 Å². The van der Waals surface area contributed by atoms with Crippen molar-refractivity contribution in [1.29, 1.82) is 0 Å². The third-order valence-electron chi connectivity index (χ3n) is 3.46. The van der Waals surface area contributed by atoms with Crippen molar-refractivity contribution in [2.45, 2.75) is 39.5 Å². The number of hydrogen-bond donors (Lipinski definition) is 3. The third-order valence-corrected chi connectivity index (χ3v) is 4.75. The van der Waals surface area contributed by atoms with Crippen LogP contribution in [0.2, 0.25) is 0 Å². The van der Waals surface area contributed by atoms with E-state index in [4.69, 9.17) is 22.7 Å². The molecule has 1 aliphatic carbocycles. The van der Waals surface area contributed by atoms with E-state index in [1.165, 1.54) is 11.3 Å². The van der Waals surface area contributed by atoms with Crippen LogP contribution in [0.4, 0.5) is 5.00 Å². The number of carbonyl (C=O) groups excluding carboxylic acids is 2. The van der Waals surface area contributed by atoms with E-state index in [0.29, 0.717) is 17.0 Å². The predicted molar refractivity (Wildman–Crippen MR) is 98.6 cm³/mol. The van der Waals surface area contributed by atoms with Crippen LogP contribution in [0.25, 0.3) is 0 Å². The molecule has 0 aromatic carbocycles. The van der Waals surface area contributed by atoms with Crippen LogP contribution in [0.15, 0.2) is 5.10 Å². The Labute approximate surface area is 149 Å². The highest BCUT2D eigenvalue weighted by molar-refractivity contribution is 7.80. The summed E-state index contributed by atoms with van der Waals surface area (Å²) in [6.07, 6.45) is 2.64. The Morgan fingerprint density at radius 2 is 2.12 bits per heavy atom. The van der Waals surface area contributed by atoms with Gasteiger partial charge in [-0.05, 0) is 44.0 Å². The Morgan fingerprint density at radius 3 is 2.75 bits per heavy atom. The smallest absolute Gasteiger partial charge is 0.341 e. The largest absolute Gasteiger partial charge is 0.462 e. The van der Waals surface area contributed by atoms with Gasteiger partial charge >= 0.3 is 5.97 Å². The van der Waals surface area contributed by atoms with Gasteiger partial charge in [-0.25, -0.2) is 4.79 Å². The normalized spacial score (nSPS) is 14.8. The molecular formula is C15H20N4O3S2. The first-order chi connectivity index (χ1) is 11.5. The minimum absolute atomic E-state index is 0.0799. The van der Waals surface area contributed by atoms with Crippen LogP contribution < -0.4 is 16.5 Å². The molecule has 0 fully saturated rings. The van der Waals surface area contributed by atoms with Gasteiger partial charge in [0.15, 0.2) is 5.11 Å². The molecule has 0 spiro atoms. The fraction of sp³-hybridized carbons (Fsp3) is 0.467. The predicted octanol–water partition coefficient (Wildman–Crippen LogP) is 2.15. The summed E-state index contributed by atoms with van der Waals surface area (Å²) in [4.78, 5) is 25.0. The molecule has 0 aliphatic heterocycles. The van der Waals surface area contributed by atoms with Crippen molar-refractivity contribution in [1.82, 2.24) is 5.43 Å². The Bertz CT molecular complexity index is 697. The Morgan fingerprint density at radius 1 is 1.38 bits per heavy atom.